The van der Waals surface area contributed by atoms with E-state index >= 15 is 0 Å². The van der Waals surface area contributed by atoms with Crippen LogP contribution in [0, 0.1) is 5.82 Å². The summed E-state index contributed by atoms with van der Waals surface area (Å²) < 4.78 is 25.3. The van der Waals surface area contributed by atoms with Crippen LogP contribution in [0.15, 0.2) is 10.5 Å². The highest BCUT2D eigenvalue weighted by Gasteiger charge is 2.22. The molecule has 0 bridgehead atoms. The molecule has 0 aliphatic carbocycles. The maximum absolute atomic E-state index is 14.1. The van der Waals surface area contributed by atoms with Crippen LogP contribution in [0.1, 0.15) is 12.5 Å². The molecule has 1 aromatic rings. The summed E-state index contributed by atoms with van der Waals surface area (Å²) >= 11 is 3.32. The van der Waals surface area contributed by atoms with Crippen LogP contribution < -0.4 is 15.2 Å². The van der Waals surface area contributed by atoms with Gasteiger partial charge in [0.25, 0.3) is 0 Å². The van der Waals surface area contributed by atoms with E-state index in [-0.39, 0.29) is 17.6 Å². The molecule has 5 heteroatoms. The van der Waals surface area contributed by atoms with Crippen LogP contribution in [0.3, 0.4) is 0 Å². The first-order valence-corrected chi connectivity index (χ1v) is 5.91. The normalized spacial score (nSPS) is 16.0. The quantitative estimate of drug-likeness (QED) is 0.908. The molecule has 2 N–H and O–H groups in total. The second kappa shape index (κ2) is 4.59. The van der Waals surface area contributed by atoms with E-state index in [9.17, 15) is 4.39 Å². The lowest BCUT2D eigenvalue weighted by molar-refractivity contribution is 0.163. The van der Waals surface area contributed by atoms with Gasteiger partial charge in [-0.15, -0.1) is 0 Å². The molecule has 0 saturated carbocycles. The van der Waals surface area contributed by atoms with Crippen LogP contribution in [0.2, 0.25) is 0 Å². The summed E-state index contributed by atoms with van der Waals surface area (Å²) in [6.07, 6.45) is 0.461. The molecule has 3 nitrogen and oxygen atoms in total. The zero-order valence-corrected chi connectivity index (χ0v) is 10.5. The zero-order valence-electron chi connectivity index (χ0n) is 8.93. The van der Waals surface area contributed by atoms with Gasteiger partial charge < -0.3 is 15.2 Å². The lowest BCUT2D eigenvalue weighted by atomic mass is 10.1. The zero-order chi connectivity index (χ0) is 11.7. The van der Waals surface area contributed by atoms with E-state index in [4.69, 9.17) is 15.2 Å². The van der Waals surface area contributed by atoms with Gasteiger partial charge in [-0.2, -0.15) is 0 Å². The Labute approximate surface area is 102 Å². The SMILES string of the molecule is CC(N)Cc1c(Br)cc2c(c1F)OCCO2. The second-order valence-electron chi connectivity index (χ2n) is 3.86. The smallest absolute Gasteiger partial charge is 0.197 e. The highest BCUT2D eigenvalue weighted by Crippen LogP contribution is 2.39. The molecule has 0 spiro atoms. The van der Waals surface area contributed by atoms with Crippen molar-refractivity contribution in [3.8, 4) is 11.5 Å². The van der Waals surface area contributed by atoms with Gasteiger partial charge >= 0.3 is 0 Å². The second-order valence-corrected chi connectivity index (χ2v) is 4.71. The first kappa shape index (κ1) is 11.7. The van der Waals surface area contributed by atoms with Gasteiger partial charge in [0.05, 0.1) is 0 Å². The molecule has 2 rings (SSSR count). The van der Waals surface area contributed by atoms with E-state index in [1.807, 2.05) is 6.92 Å². The standard InChI is InChI=1S/C11H13BrFNO2/c1-6(14)4-7-8(12)5-9-11(10(7)13)16-3-2-15-9/h5-6H,2-4,14H2,1H3. The summed E-state index contributed by atoms with van der Waals surface area (Å²) in [4.78, 5) is 0. The van der Waals surface area contributed by atoms with E-state index in [1.54, 1.807) is 6.07 Å². The predicted octanol–water partition coefficient (Wildman–Crippen LogP) is 2.25. The third-order valence-electron chi connectivity index (χ3n) is 2.35. The van der Waals surface area contributed by atoms with Crippen LogP contribution in [0.25, 0.3) is 0 Å². The van der Waals surface area contributed by atoms with Crippen LogP contribution in [0.5, 0.6) is 11.5 Å². The Morgan fingerprint density at radius 2 is 2.19 bits per heavy atom. The van der Waals surface area contributed by atoms with Crippen molar-refractivity contribution >= 4 is 15.9 Å². The molecule has 0 amide bonds. The molecule has 0 fully saturated rings. The minimum atomic E-state index is -0.374. The van der Waals surface area contributed by atoms with E-state index in [1.165, 1.54) is 0 Å². The molecule has 1 heterocycles. The van der Waals surface area contributed by atoms with Crippen molar-refractivity contribution in [2.45, 2.75) is 19.4 Å². The molecule has 16 heavy (non-hydrogen) atoms. The number of hydrogen-bond donors (Lipinski definition) is 1. The Hall–Kier alpha value is -0.810. The first-order valence-electron chi connectivity index (χ1n) is 5.11. The van der Waals surface area contributed by atoms with Gasteiger partial charge in [-0.1, -0.05) is 15.9 Å². The van der Waals surface area contributed by atoms with Gasteiger partial charge in [0, 0.05) is 16.1 Å². The van der Waals surface area contributed by atoms with Crippen molar-refractivity contribution in [3.05, 3.63) is 21.9 Å². The molecule has 1 atom stereocenters. The van der Waals surface area contributed by atoms with Crippen LogP contribution >= 0.6 is 15.9 Å². The van der Waals surface area contributed by atoms with Crippen molar-refractivity contribution in [1.29, 1.82) is 0 Å². The molecule has 0 aromatic heterocycles. The summed E-state index contributed by atoms with van der Waals surface area (Å²) in [6, 6.07) is 1.63. The summed E-state index contributed by atoms with van der Waals surface area (Å²) in [5.41, 5.74) is 6.22. The molecular formula is C11H13BrFNO2. The number of halogens is 2. The highest BCUT2D eigenvalue weighted by molar-refractivity contribution is 9.10. The number of hydrogen-bond acceptors (Lipinski definition) is 3. The summed E-state index contributed by atoms with van der Waals surface area (Å²) in [5, 5.41) is 0. The molecule has 1 aliphatic rings. The van der Waals surface area contributed by atoms with E-state index in [0.29, 0.717) is 35.4 Å². The van der Waals surface area contributed by atoms with Gasteiger partial charge in [0.1, 0.15) is 13.2 Å². The molecule has 1 unspecified atom stereocenters. The van der Waals surface area contributed by atoms with Crippen molar-refractivity contribution in [1.82, 2.24) is 0 Å². The minimum absolute atomic E-state index is 0.103. The Morgan fingerprint density at radius 3 is 2.88 bits per heavy atom. The average Bonchev–Trinajstić information content (AvgIpc) is 2.24. The van der Waals surface area contributed by atoms with Gasteiger partial charge in [-0.05, 0) is 19.4 Å². The average molecular weight is 290 g/mol. The van der Waals surface area contributed by atoms with Gasteiger partial charge in [0.2, 0.25) is 0 Å². The maximum Gasteiger partial charge on any atom is 0.197 e. The van der Waals surface area contributed by atoms with Crippen molar-refractivity contribution in [3.63, 3.8) is 0 Å². The fourth-order valence-electron chi connectivity index (χ4n) is 1.66. The third-order valence-corrected chi connectivity index (χ3v) is 3.06. The molecule has 1 aromatic carbocycles. The fraction of sp³-hybridized carbons (Fsp3) is 0.455. The summed E-state index contributed by atoms with van der Waals surface area (Å²) in [6.45, 7) is 2.66. The molecule has 0 radical (unpaired) electrons. The Balaban J connectivity index is 2.45. The van der Waals surface area contributed by atoms with E-state index in [0.717, 1.165) is 0 Å². The summed E-state index contributed by atoms with van der Waals surface area (Å²) in [7, 11) is 0. The fourth-order valence-corrected chi connectivity index (χ4v) is 2.21. The molecule has 0 saturated heterocycles. The largest absolute Gasteiger partial charge is 0.486 e. The van der Waals surface area contributed by atoms with Gasteiger partial charge in [0.15, 0.2) is 17.3 Å². The first-order chi connectivity index (χ1) is 7.59. The molecule has 1 aliphatic heterocycles. The van der Waals surface area contributed by atoms with Crippen LogP contribution in [-0.2, 0) is 6.42 Å². The predicted molar refractivity (Wildman–Crippen MR) is 62.4 cm³/mol. The highest BCUT2D eigenvalue weighted by atomic mass is 79.9. The molecular weight excluding hydrogens is 277 g/mol. The lowest BCUT2D eigenvalue weighted by Crippen LogP contribution is -2.21. The number of fused-ring (bicyclic) bond motifs is 1. The summed E-state index contributed by atoms with van der Waals surface area (Å²) in [5.74, 6) is 0.274. The van der Waals surface area contributed by atoms with Crippen LogP contribution in [0.4, 0.5) is 4.39 Å². The van der Waals surface area contributed by atoms with E-state index < -0.39 is 0 Å². The monoisotopic (exact) mass is 289 g/mol. The Morgan fingerprint density at radius 1 is 1.50 bits per heavy atom. The van der Waals surface area contributed by atoms with E-state index in [2.05, 4.69) is 15.9 Å². The Bertz CT molecular complexity index is 409. The molecule has 88 valence electrons. The number of benzene rings is 1. The topological polar surface area (TPSA) is 44.5 Å². The van der Waals surface area contributed by atoms with Crippen molar-refractivity contribution < 1.29 is 13.9 Å². The number of rotatable bonds is 2. The lowest BCUT2D eigenvalue weighted by Gasteiger charge is -2.21. The number of nitrogens with two attached hydrogens (primary N) is 1. The van der Waals surface area contributed by atoms with Crippen molar-refractivity contribution in [2.75, 3.05) is 13.2 Å². The third kappa shape index (κ3) is 2.15. The van der Waals surface area contributed by atoms with Gasteiger partial charge in [-0.25, -0.2) is 4.39 Å². The minimum Gasteiger partial charge on any atom is -0.486 e. The maximum atomic E-state index is 14.1. The number of ether oxygens (including phenoxy) is 2. The van der Waals surface area contributed by atoms with Gasteiger partial charge in [-0.3, -0.25) is 0 Å². The van der Waals surface area contributed by atoms with Crippen molar-refractivity contribution in [2.24, 2.45) is 5.73 Å². The van der Waals surface area contributed by atoms with Crippen LogP contribution in [-0.4, -0.2) is 19.3 Å². The Kier molecular flexibility index (Phi) is 3.35.